The highest BCUT2D eigenvalue weighted by Crippen LogP contribution is 2.24. The maximum absolute atomic E-state index is 12.4. The average molecular weight is 336 g/mol. The Morgan fingerprint density at radius 2 is 1.88 bits per heavy atom. The summed E-state index contributed by atoms with van der Waals surface area (Å²) in [6.07, 6.45) is 0.861. The second kappa shape index (κ2) is 7.09. The van der Waals surface area contributed by atoms with Gasteiger partial charge in [-0.05, 0) is 48.7 Å². The van der Waals surface area contributed by atoms with Crippen molar-refractivity contribution in [2.75, 3.05) is 11.9 Å². The molecule has 3 rings (SSSR count). The van der Waals surface area contributed by atoms with Crippen molar-refractivity contribution in [1.82, 2.24) is 4.90 Å². The van der Waals surface area contributed by atoms with Crippen molar-refractivity contribution in [3.63, 3.8) is 0 Å². The van der Waals surface area contributed by atoms with E-state index in [1.807, 2.05) is 62.1 Å². The number of hydrogen-bond acceptors (Lipinski definition) is 2. The molecule has 0 radical (unpaired) electrons. The van der Waals surface area contributed by atoms with E-state index in [9.17, 15) is 9.59 Å². The molecule has 0 fully saturated rings. The Kier molecular flexibility index (Phi) is 4.88. The summed E-state index contributed by atoms with van der Waals surface area (Å²) in [4.78, 5) is 26.6. The lowest BCUT2D eigenvalue weighted by Gasteiger charge is -2.30. The van der Waals surface area contributed by atoms with Crippen LogP contribution in [0.2, 0.25) is 0 Å². The van der Waals surface area contributed by atoms with Gasteiger partial charge in [0.25, 0.3) is 5.91 Å². The van der Waals surface area contributed by atoms with Crippen LogP contribution in [0.4, 0.5) is 5.69 Å². The van der Waals surface area contributed by atoms with E-state index in [0.717, 1.165) is 29.8 Å². The monoisotopic (exact) mass is 336 g/mol. The Morgan fingerprint density at radius 1 is 1.08 bits per heavy atom. The first-order valence-electron chi connectivity index (χ1n) is 8.72. The van der Waals surface area contributed by atoms with E-state index in [1.54, 1.807) is 0 Å². The fraction of sp³-hybridized carbons (Fsp3) is 0.333. The number of rotatable bonds is 3. The van der Waals surface area contributed by atoms with Crippen LogP contribution in [0.25, 0.3) is 0 Å². The number of fused-ring (bicyclic) bond motifs is 1. The Balaban J connectivity index is 1.76. The quantitative estimate of drug-likeness (QED) is 0.927. The molecule has 1 aliphatic heterocycles. The van der Waals surface area contributed by atoms with Gasteiger partial charge in [-0.15, -0.1) is 0 Å². The Labute approximate surface area is 148 Å². The van der Waals surface area contributed by atoms with Crippen molar-refractivity contribution in [1.29, 1.82) is 0 Å². The molecule has 0 aliphatic carbocycles. The molecule has 1 heterocycles. The van der Waals surface area contributed by atoms with Gasteiger partial charge in [0.15, 0.2) is 0 Å². The highest BCUT2D eigenvalue weighted by Gasteiger charge is 2.22. The van der Waals surface area contributed by atoms with Crippen molar-refractivity contribution < 1.29 is 9.59 Å². The first-order valence-corrected chi connectivity index (χ1v) is 8.72. The molecule has 1 N–H and O–H groups in total. The standard InChI is InChI=1S/C21H24N2O2/c1-14(2)21(25)23-10-9-16-7-8-19(12-18(16)13-23)22-20(24)17-6-4-5-15(3)11-17/h4-8,11-12,14H,9-10,13H2,1-3H3,(H,22,24). The highest BCUT2D eigenvalue weighted by molar-refractivity contribution is 6.04. The zero-order valence-electron chi connectivity index (χ0n) is 15.0. The molecule has 4 nitrogen and oxygen atoms in total. The normalized spacial score (nSPS) is 13.5. The number of hydrogen-bond donors (Lipinski definition) is 1. The zero-order chi connectivity index (χ0) is 18.0. The van der Waals surface area contributed by atoms with E-state index < -0.39 is 0 Å². The Morgan fingerprint density at radius 3 is 2.60 bits per heavy atom. The fourth-order valence-corrected chi connectivity index (χ4v) is 3.18. The van der Waals surface area contributed by atoms with Gasteiger partial charge in [-0.1, -0.05) is 37.6 Å². The minimum absolute atomic E-state index is 0.00533. The summed E-state index contributed by atoms with van der Waals surface area (Å²) in [6.45, 7) is 7.20. The maximum Gasteiger partial charge on any atom is 0.255 e. The molecule has 0 spiro atoms. The summed E-state index contributed by atoms with van der Waals surface area (Å²) in [7, 11) is 0. The Hall–Kier alpha value is -2.62. The summed E-state index contributed by atoms with van der Waals surface area (Å²) in [5.41, 5.74) is 4.84. The van der Waals surface area contributed by atoms with Gasteiger partial charge in [-0.3, -0.25) is 9.59 Å². The lowest BCUT2D eigenvalue weighted by Crippen LogP contribution is -2.38. The van der Waals surface area contributed by atoms with Crippen molar-refractivity contribution >= 4 is 17.5 Å². The molecule has 0 atom stereocenters. The van der Waals surface area contributed by atoms with Crippen LogP contribution in [0, 0.1) is 12.8 Å². The number of carbonyl (C=O) groups is 2. The highest BCUT2D eigenvalue weighted by atomic mass is 16.2. The predicted octanol–water partition coefficient (Wildman–Crippen LogP) is 3.79. The lowest BCUT2D eigenvalue weighted by molar-refractivity contribution is -0.135. The van der Waals surface area contributed by atoms with Crippen LogP contribution in [-0.4, -0.2) is 23.3 Å². The molecule has 1 aliphatic rings. The third-order valence-electron chi connectivity index (χ3n) is 4.56. The topological polar surface area (TPSA) is 49.4 Å². The minimum atomic E-state index is -0.116. The van der Waals surface area contributed by atoms with Gasteiger partial charge in [0.05, 0.1) is 0 Å². The minimum Gasteiger partial charge on any atom is -0.338 e. The second-order valence-corrected chi connectivity index (χ2v) is 6.97. The molecule has 2 amide bonds. The summed E-state index contributed by atoms with van der Waals surface area (Å²) in [5.74, 6) is 0.0696. The largest absolute Gasteiger partial charge is 0.338 e. The van der Waals surface area contributed by atoms with Gasteiger partial charge in [0.1, 0.15) is 0 Å². The molecule has 2 aromatic carbocycles. The molecule has 0 saturated heterocycles. The Bertz CT molecular complexity index is 811. The molecule has 0 aromatic heterocycles. The molecule has 25 heavy (non-hydrogen) atoms. The number of benzene rings is 2. The van der Waals surface area contributed by atoms with Crippen LogP contribution in [0.15, 0.2) is 42.5 Å². The van der Waals surface area contributed by atoms with Crippen LogP contribution in [0.5, 0.6) is 0 Å². The third-order valence-corrected chi connectivity index (χ3v) is 4.56. The summed E-state index contributed by atoms with van der Waals surface area (Å²) < 4.78 is 0. The SMILES string of the molecule is Cc1cccc(C(=O)Nc2ccc3c(c2)CN(C(=O)C(C)C)CC3)c1. The second-order valence-electron chi connectivity index (χ2n) is 6.97. The summed E-state index contributed by atoms with van der Waals surface area (Å²) in [6, 6.07) is 13.5. The van der Waals surface area contributed by atoms with Crippen molar-refractivity contribution in [3.05, 3.63) is 64.7 Å². The van der Waals surface area contributed by atoms with E-state index in [0.29, 0.717) is 12.1 Å². The maximum atomic E-state index is 12.4. The van der Waals surface area contributed by atoms with Crippen molar-refractivity contribution in [2.24, 2.45) is 5.92 Å². The van der Waals surface area contributed by atoms with Crippen LogP contribution in [0.1, 0.15) is 40.9 Å². The van der Waals surface area contributed by atoms with Gasteiger partial charge >= 0.3 is 0 Å². The molecule has 2 aromatic rings. The van der Waals surface area contributed by atoms with Crippen LogP contribution in [-0.2, 0) is 17.8 Å². The van der Waals surface area contributed by atoms with E-state index in [1.165, 1.54) is 5.56 Å². The smallest absolute Gasteiger partial charge is 0.255 e. The first-order chi connectivity index (χ1) is 11.9. The average Bonchev–Trinajstić information content (AvgIpc) is 2.60. The molecule has 0 saturated carbocycles. The van der Waals surface area contributed by atoms with Gasteiger partial charge < -0.3 is 10.2 Å². The van der Waals surface area contributed by atoms with E-state index in [2.05, 4.69) is 11.4 Å². The lowest BCUT2D eigenvalue weighted by atomic mass is 9.98. The fourth-order valence-electron chi connectivity index (χ4n) is 3.18. The van der Waals surface area contributed by atoms with Crippen molar-refractivity contribution in [2.45, 2.75) is 33.7 Å². The molecular formula is C21H24N2O2. The van der Waals surface area contributed by atoms with Gasteiger partial charge in [0.2, 0.25) is 5.91 Å². The van der Waals surface area contributed by atoms with Gasteiger partial charge in [-0.2, -0.15) is 0 Å². The van der Waals surface area contributed by atoms with Gasteiger partial charge in [-0.25, -0.2) is 0 Å². The first kappa shape index (κ1) is 17.2. The summed E-state index contributed by atoms with van der Waals surface area (Å²) in [5, 5.41) is 2.96. The van der Waals surface area contributed by atoms with Crippen molar-refractivity contribution in [3.8, 4) is 0 Å². The number of aryl methyl sites for hydroxylation is 1. The zero-order valence-corrected chi connectivity index (χ0v) is 15.0. The molecule has 0 bridgehead atoms. The number of anilines is 1. The molecule has 130 valence electrons. The third kappa shape index (κ3) is 3.90. The molecular weight excluding hydrogens is 312 g/mol. The molecule has 0 unspecified atom stereocenters. The van der Waals surface area contributed by atoms with E-state index in [-0.39, 0.29) is 17.7 Å². The van der Waals surface area contributed by atoms with Crippen LogP contribution < -0.4 is 5.32 Å². The van der Waals surface area contributed by atoms with Gasteiger partial charge in [0, 0.05) is 30.3 Å². The molecule has 4 heteroatoms. The number of carbonyl (C=O) groups excluding carboxylic acids is 2. The number of nitrogens with one attached hydrogen (secondary N) is 1. The van der Waals surface area contributed by atoms with Crippen LogP contribution >= 0.6 is 0 Å². The van der Waals surface area contributed by atoms with E-state index in [4.69, 9.17) is 0 Å². The van der Waals surface area contributed by atoms with E-state index >= 15 is 0 Å². The number of amides is 2. The number of nitrogens with zero attached hydrogens (tertiary/aromatic N) is 1. The summed E-state index contributed by atoms with van der Waals surface area (Å²) >= 11 is 0. The van der Waals surface area contributed by atoms with Crippen LogP contribution in [0.3, 0.4) is 0 Å². The predicted molar refractivity (Wildman–Crippen MR) is 99.5 cm³/mol.